The first kappa shape index (κ1) is 17.9. The van der Waals surface area contributed by atoms with Gasteiger partial charge < -0.3 is 0 Å². The van der Waals surface area contributed by atoms with Crippen molar-refractivity contribution in [2.45, 2.75) is 36.4 Å². The Morgan fingerprint density at radius 2 is 1.00 bits per heavy atom. The van der Waals surface area contributed by atoms with Crippen molar-refractivity contribution in [1.29, 1.82) is 0 Å². The summed E-state index contributed by atoms with van der Waals surface area (Å²) in [6.07, 6.45) is -6.95. The maximum atomic E-state index is 12.2. The topological polar surface area (TPSA) is 68.3 Å². The van der Waals surface area contributed by atoms with E-state index >= 15 is 0 Å². The second-order valence-corrected chi connectivity index (χ2v) is 4.96. The SMILES string of the molecule is CC(=O)[CH]([Co][CH](C(C)=O)C(=O)C(F)F)C(=O)C(F)F. The zero-order chi connectivity index (χ0) is 15.3. The number of halogens is 4. The molecule has 0 rings (SSSR count). The number of carbonyl (C=O) groups excluding carboxylic acids is 4. The number of hydrogen-bond donors (Lipinski definition) is 0. The van der Waals surface area contributed by atoms with Crippen molar-refractivity contribution in [1.82, 2.24) is 0 Å². The molecule has 0 spiro atoms. The molecule has 0 aromatic carbocycles. The van der Waals surface area contributed by atoms with E-state index in [0.717, 1.165) is 13.8 Å². The van der Waals surface area contributed by atoms with Crippen molar-refractivity contribution in [2.75, 3.05) is 0 Å². The molecule has 0 heterocycles. The van der Waals surface area contributed by atoms with Gasteiger partial charge in [-0.1, -0.05) is 0 Å². The molecule has 0 aliphatic carbocycles. The van der Waals surface area contributed by atoms with Gasteiger partial charge in [0.25, 0.3) is 0 Å². The van der Waals surface area contributed by atoms with E-state index in [1.165, 1.54) is 0 Å². The summed E-state index contributed by atoms with van der Waals surface area (Å²) in [5.74, 6) is -5.61. The van der Waals surface area contributed by atoms with Gasteiger partial charge in [-0.3, -0.25) is 0 Å². The number of carbonyl (C=O) groups is 4. The fourth-order valence-corrected chi connectivity index (χ4v) is 2.43. The van der Waals surface area contributed by atoms with Gasteiger partial charge in [-0.05, 0) is 0 Å². The van der Waals surface area contributed by atoms with Crippen LogP contribution in [-0.4, -0.2) is 36.0 Å². The molecule has 0 aromatic rings. The molecule has 0 N–H and O–H groups in total. The molecule has 2 unspecified atom stereocenters. The molecule has 0 aromatic heterocycles. The van der Waals surface area contributed by atoms with Crippen molar-refractivity contribution >= 4 is 23.1 Å². The average Bonchev–Trinajstić information content (AvgIpc) is 2.27. The molecule has 0 saturated heterocycles. The van der Waals surface area contributed by atoms with E-state index in [0.29, 0.717) is 0 Å². The van der Waals surface area contributed by atoms with Gasteiger partial charge >= 0.3 is 111 Å². The molecule has 9 heteroatoms. The van der Waals surface area contributed by atoms with Crippen LogP contribution in [-0.2, 0) is 33.9 Å². The van der Waals surface area contributed by atoms with Gasteiger partial charge in [-0.25, -0.2) is 0 Å². The summed E-state index contributed by atoms with van der Waals surface area (Å²) >= 11 is -0.622. The Morgan fingerprint density at radius 1 is 0.737 bits per heavy atom. The minimum absolute atomic E-state index is 0.622. The Labute approximate surface area is 111 Å². The molecule has 0 amide bonds. The molecule has 0 fully saturated rings. The fourth-order valence-electron chi connectivity index (χ4n) is 0.988. The van der Waals surface area contributed by atoms with Gasteiger partial charge in [0.1, 0.15) is 0 Å². The van der Waals surface area contributed by atoms with Crippen LogP contribution in [0.25, 0.3) is 0 Å². The predicted molar refractivity (Wildman–Crippen MR) is 50.9 cm³/mol. The summed E-state index contributed by atoms with van der Waals surface area (Å²) < 4.78 is 48.9. The quantitative estimate of drug-likeness (QED) is 0.500. The van der Waals surface area contributed by atoms with Crippen LogP contribution in [0.4, 0.5) is 17.6 Å². The maximum absolute atomic E-state index is 12.2. The summed E-state index contributed by atoms with van der Waals surface area (Å²) in [5, 5.41) is 0. The van der Waals surface area contributed by atoms with Gasteiger partial charge in [0.05, 0.1) is 0 Å². The molecule has 19 heavy (non-hydrogen) atoms. The molecular weight excluding hydrogens is 319 g/mol. The summed E-state index contributed by atoms with van der Waals surface area (Å²) in [6, 6.07) is 0. The van der Waals surface area contributed by atoms with Crippen LogP contribution in [0.5, 0.6) is 0 Å². The van der Waals surface area contributed by atoms with E-state index in [-0.39, 0.29) is 0 Å². The number of alkyl halides is 4. The van der Waals surface area contributed by atoms with Crippen LogP contribution in [0.15, 0.2) is 0 Å². The molecule has 0 radical (unpaired) electrons. The average molecular weight is 329 g/mol. The van der Waals surface area contributed by atoms with E-state index in [9.17, 15) is 36.7 Å². The van der Waals surface area contributed by atoms with Crippen LogP contribution in [0.2, 0.25) is 9.70 Å². The first-order valence-corrected chi connectivity index (χ1v) is 6.01. The summed E-state index contributed by atoms with van der Waals surface area (Å²) in [5.41, 5.74) is 0. The van der Waals surface area contributed by atoms with Gasteiger partial charge in [-0.15, -0.1) is 0 Å². The Hall–Kier alpha value is -1.09. The molecule has 0 saturated carbocycles. The Bertz CT molecular complexity index is 361. The van der Waals surface area contributed by atoms with E-state index in [4.69, 9.17) is 0 Å². The van der Waals surface area contributed by atoms with Crippen LogP contribution in [0.1, 0.15) is 13.8 Å². The van der Waals surface area contributed by atoms with Gasteiger partial charge in [0.2, 0.25) is 0 Å². The Morgan fingerprint density at radius 3 is 1.16 bits per heavy atom. The van der Waals surface area contributed by atoms with Crippen molar-refractivity contribution in [3.05, 3.63) is 0 Å². The van der Waals surface area contributed by atoms with Crippen LogP contribution in [0, 0.1) is 0 Å². The normalized spacial score (nSPS) is 14.5. The Kier molecular flexibility index (Phi) is 7.05. The van der Waals surface area contributed by atoms with Gasteiger partial charge in [0.15, 0.2) is 0 Å². The zero-order valence-electron chi connectivity index (χ0n) is 9.79. The number of hydrogen-bond acceptors (Lipinski definition) is 4. The molecule has 2 atom stereocenters. The monoisotopic (exact) mass is 329 g/mol. The summed E-state index contributed by atoms with van der Waals surface area (Å²) in [6.45, 7) is 1.61. The van der Waals surface area contributed by atoms with Crippen LogP contribution < -0.4 is 0 Å². The van der Waals surface area contributed by atoms with E-state index in [2.05, 4.69) is 0 Å². The first-order valence-electron chi connectivity index (χ1n) is 4.81. The van der Waals surface area contributed by atoms with Crippen molar-refractivity contribution in [2.24, 2.45) is 0 Å². The number of ketones is 4. The summed E-state index contributed by atoms with van der Waals surface area (Å²) in [4.78, 5) is 40.3. The van der Waals surface area contributed by atoms with E-state index < -0.39 is 60.4 Å². The van der Waals surface area contributed by atoms with E-state index in [1.54, 1.807) is 0 Å². The molecular formula is C10H10CoF4O4. The number of rotatable bonds is 8. The Balaban J connectivity index is 5.18. The van der Waals surface area contributed by atoms with Crippen molar-refractivity contribution < 1.29 is 51.4 Å². The third-order valence-electron chi connectivity index (χ3n) is 1.80. The molecule has 0 aliphatic rings. The predicted octanol–water partition coefficient (Wildman–Crippen LogP) is 1.49. The summed E-state index contributed by atoms with van der Waals surface area (Å²) in [7, 11) is 0. The van der Waals surface area contributed by atoms with Crippen molar-refractivity contribution in [3.63, 3.8) is 0 Å². The third kappa shape index (κ3) is 5.19. The third-order valence-corrected chi connectivity index (χ3v) is 3.94. The van der Waals surface area contributed by atoms with Crippen LogP contribution >= 0.6 is 0 Å². The molecule has 111 valence electrons. The van der Waals surface area contributed by atoms with Crippen molar-refractivity contribution in [3.8, 4) is 0 Å². The molecule has 0 bridgehead atoms. The second kappa shape index (κ2) is 7.48. The fraction of sp³-hybridized carbons (Fsp3) is 0.600. The van der Waals surface area contributed by atoms with Gasteiger partial charge in [0, 0.05) is 0 Å². The van der Waals surface area contributed by atoms with Crippen LogP contribution in [0.3, 0.4) is 0 Å². The van der Waals surface area contributed by atoms with Gasteiger partial charge in [-0.2, -0.15) is 0 Å². The second-order valence-electron chi connectivity index (χ2n) is 3.41. The number of Topliss-reactive ketones (excluding diaryl/α,β-unsaturated/α-hetero) is 4. The molecule has 4 nitrogen and oxygen atoms in total. The standard InChI is InChI=1S/2C5H5F2O2.Co/c2*1-3(8)2-4(9)5(6)7;/h2*2,5H,1H3;. The van der Waals surface area contributed by atoms with E-state index in [1.807, 2.05) is 0 Å². The minimum atomic E-state index is -3.48. The first-order chi connectivity index (χ1) is 8.59. The zero-order valence-corrected chi connectivity index (χ0v) is 10.8. The molecule has 0 aliphatic heterocycles.